The van der Waals surface area contributed by atoms with Gasteiger partial charge >= 0.3 is 0 Å². The molecule has 0 spiro atoms. The van der Waals surface area contributed by atoms with Crippen molar-refractivity contribution < 1.29 is 0 Å². The van der Waals surface area contributed by atoms with Gasteiger partial charge in [-0.2, -0.15) is 0 Å². The molecule has 21 heavy (non-hydrogen) atoms. The van der Waals surface area contributed by atoms with Crippen LogP contribution in [0.5, 0.6) is 0 Å². The Morgan fingerprint density at radius 2 is 1.81 bits per heavy atom. The standard InChI is InChI=1S/C19H40N2/c1-7-9-16-10-11-18(20-12-8-2)17(13-16)14-21(6)15-19(3,4)5/h16-18,20H,7-15H2,1-6H3. The molecule has 2 nitrogen and oxygen atoms in total. The van der Waals surface area contributed by atoms with Crippen LogP contribution in [-0.2, 0) is 0 Å². The summed E-state index contributed by atoms with van der Waals surface area (Å²) in [5.41, 5.74) is 0.401. The maximum absolute atomic E-state index is 3.83. The summed E-state index contributed by atoms with van der Waals surface area (Å²) in [7, 11) is 2.31. The molecule has 0 bridgehead atoms. The molecule has 1 aliphatic carbocycles. The molecule has 1 aliphatic rings. The molecule has 1 N–H and O–H groups in total. The van der Waals surface area contributed by atoms with Crippen LogP contribution in [0.15, 0.2) is 0 Å². The minimum absolute atomic E-state index is 0.401. The average Bonchev–Trinajstić information content (AvgIpc) is 2.36. The van der Waals surface area contributed by atoms with Gasteiger partial charge in [-0.15, -0.1) is 0 Å². The molecule has 2 heteroatoms. The lowest BCUT2D eigenvalue weighted by molar-refractivity contribution is 0.129. The zero-order valence-electron chi connectivity index (χ0n) is 15.5. The van der Waals surface area contributed by atoms with Gasteiger partial charge in [-0.25, -0.2) is 0 Å². The average molecular weight is 297 g/mol. The zero-order chi connectivity index (χ0) is 15.9. The quantitative estimate of drug-likeness (QED) is 0.707. The smallest absolute Gasteiger partial charge is 0.0108 e. The Hall–Kier alpha value is -0.0800. The predicted octanol–water partition coefficient (Wildman–Crippen LogP) is 4.55. The minimum atomic E-state index is 0.401. The molecule has 0 radical (unpaired) electrons. The molecule has 0 amide bonds. The van der Waals surface area contributed by atoms with Gasteiger partial charge in [-0.05, 0) is 56.5 Å². The zero-order valence-corrected chi connectivity index (χ0v) is 15.5. The van der Waals surface area contributed by atoms with E-state index in [1.807, 2.05) is 0 Å². The fourth-order valence-corrected chi connectivity index (χ4v) is 4.11. The van der Waals surface area contributed by atoms with E-state index in [1.54, 1.807) is 0 Å². The molecule has 0 aliphatic heterocycles. The van der Waals surface area contributed by atoms with Crippen molar-refractivity contribution in [1.29, 1.82) is 0 Å². The van der Waals surface area contributed by atoms with Gasteiger partial charge in [0.1, 0.15) is 0 Å². The fraction of sp³-hybridized carbons (Fsp3) is 1.00. The molecule has 0 aromatic carbocycles. The Bertz CT molecular complexity index is 269. The van der Waals surface area contributed by atoms with E-state index >= 15 is 0 Å². The van der Waals surface area contributed by atoms with Gasteiger partial charge in [-0.3, -0.25) is 0 Å². The lowest BCUT2D eigenvalue weighted by atomic mass is 9.76. The van der Waals surface area contributed by atoms with Crippen LogP contribution >= 0.6 is 0 Å². The number of nitrogens with one attached hydrogen (secondary N) is 1. The van der Waals surface area contributed by atoms with E-state index in [2.05, 4.69) is 51.9 Å². The van der Waals surface area contributed by atoms with Crippen molar-refractivity contribution in [2.24, 2.45) is 17.3 Å². The van der Waals surface area contributed by atoms with E-state index in [4.69, 9.17) is 0 Å². The first-order valence-electron chi connectivity index (χ1n) is 9.27. The number of rotatable bonds is 8. The molecule has 0 saturated heterocycles. The second-order valence-electron chi connectivity index (χ2n) is 8.55. The van der Waals surface area contributed by atoms with Crippen LogP contribution in [0.25, 0.3) is 0 Å². The second kappa shape index (κ2) is 9.15. The highest BCUT2D eigenvalue weighted by Crippen LogP contribution is 2.33. The highest BCUT2D eigenvalue weighted by atomic mass is 15.1. The van der Waals surface area contributed by atoms with E-state index in [1.165, 1.54) is 58.2 Å². The number of hydrogen-bond donors (Lipinski definition) is 1. The van der Waals surface area contributed by atoms with Crippen LogP contribution in [-0.4, -0.2) is 37.6 Å². The number of nitrogens with zero attached hydrogens (tertiary/aromatic N) is 1. The van der Waals surface area contributed by atoms with Gasteiger partial charge in [0.15, 0.2) is 0 Å². The molecule has 1 fully saturated rings. The Kier molecular flexibility index (Phi) is 8.26. The Balaban J connectivity index is 2.56. The van der Waals surface area contributed by atoms with E-state index in [0.29, 0.717) is 5.41 Å². The van der Waals surface area contributed by atoms with Crippen molar-refractivity contribution >= 4 is 0 Å². The summed E-state index contributed by atoms with van der Waals surface area (Å²) in [4.78, 5) is 2.57. The highest BCUT2D eigenvalue weighted by molar-refractivity contribution is 4.86. The third-order valence-corrected chi connectivity index (χ3v) is 4.73. The van der Waals surface area contributed by atoms with Crippen molar-refractivity contribution in [2.75, 3.05) is 26.7 Å². The SMILES string of the molecule is CCCNC1CCC(CCC)CC1CN(C)CC(C)(C)C. The summed E-state index contributed by atoms with van der Waals surface area (Å²) in [6, 6.07) is 0.750. The lowest BCUT2D eigenvalue weighted by Crippen LogP contribution is -2.46. The van der Waals surface area contributed by atoms with E-state index in [0.717, 1.165) is 17.9 Å². The maximum atomic E-state index is 3.83. The molecule has 3 atom stereocenters. The normalized spacial score (nSPS) is 27.3. The number of hydrogen-bond acceptors (Lipinski definition) is 2. The third kappa shape index (κ3) is 7.65. The second-order valence-corrected chi connectivity index (χ2v) is 8.55. The van der Waals surface area contributed by atoms with Gasteiger partial charge in [0.2, 0.25) is 0 Å². The first-order chi connectivity index (χ1) is 9.85. The fourth-order valence-electron chi connectivity index (χ4n) is 4.11. The summed E-state index contributed by atoms with van der Waals surface area (Å²) in [5.74, 6) is 1.82. The lowest BCUT2D eigenvalue weighted by Gasteiger charge is -2.40. The molecule has 126 valence electrons. The van der Waals surface area contributed by atoms with Gasteiger partial charge in [0.05, 0.1) is 0 Å². The summed E-state index contributed by atoms with van der Waals surface area (Å²) < 4.78 is 0. The minimum Gasteiger partial charge on any atom is -0.314 e. The van der Waals surface area contributed by atoms with E-state index in [9.17, 15) is 0 Å². The molecule has 0 heterocycles. The van der Waals surface area contributed by atoms with E-state index < -0.39 is 0 Å². The first-order valence-corrected chi connectivity index (χ1v) is 9.27. The molecular weight excluding hydrogens is 256 g/mol. The van der Waals surface area contributed by atoms with Gasteiger partial charge < -0.3 is 10.2 Å². The molecular formula is C19H40N2. The largest absolute Gasteiger partial charge is 0.314 e. The topological polar surface area (TPSA) is 15.3 Å². The summed E-state index contributed by atoms with van der Waals surface area (Å²) in [6.07, 6.45) is 8.29. The third-order valence-electron chi connectivity index (χ3n) is 4.73. The predicted molar refractivity (Wildman–Crippen MR) is 94.8 cm³/mol. The van der Waals surface area contributed by atoms with Crippen LogP contribution in [0.4, 0.5) is 0 Å². The Labute approximate surface area is 134 Å². The monoisotopic (exact) mass is 296 g/mol. The Morgan fingerprint density at radius 3 is 2.38 bits per heavy atom. The molecule has 0 aromatic rings. The Morgan fingerprint density at radius 1 is 1.10 bits per heavy atom. The molecule has 1 saturated carbocycles. The van der Waals surface area contributed by atoms with Crippen LogP contribution in [0.1, 0.15) is 73.1 Å². The van der Waals surface area contributed by atoms with Crippen LogP contribution < -0.4 is 5.32 Å². The first kappa shape index (κ1) is 19.0. The van der Waals surface area contributed by atoms with Crippen molar-refractivity contribution in [3.63, 3.8) is 0 Å². The summed E-state index contributed by atoms with van der Waals surface area (Å²) >= 11 is 0. The van der Waals surface area contributed by atoms with Crippen molar-refractivity contribution in [3.05, 3.63) is 0 Å². The van der Waals surface area contributed by atoms with E-state index in [-0.39, 0.29) is 0 Å². The molecule has 1 rings (SSSR count). The van der Waals surface area contributed by atoms with Gasteiger partial charge in [-0.1, -0.05) is 47.5 Å². The van der Waals surface area contributed by atoms with Gasteiger partial charge in [0, 0.05) is 19.1 Å². The summed E-state index contributed by atoms with van der Waals surface area (Å²) in [6.45, 7) is 15.3. The highest BCUT2D eigenvalue weighted by Gasteiger charge is 2.30. The van der Waals surface area contributed by atoms with Crippen LogP contribution in [0, 0.1) is 17.3 Å². The van der Waals surface area contributed by atoms with Gasteiger partial charge in [0.25, 0.3) is 0 Å². The summed E-state index contributed by atoms with van der Waals surface area (Å²) in [5, 5.41) is 3.83. The van der Waals surface area contributed by atoms with Crippen LogP contribution in [0.3, 0.4) is 0 Å². The van der Waals surface area contributed by atoms with Crippen molar-refractivity contribution in [2.45, 2.75) is 79.2 Å². The molecule has 0 aromatic heterocycles. The van der Waals surface area contributed by atoms with Crippen molar-refractivity contribution in [3.8, 4) is 0 Å². The van der Waals surface area contributed by atoms with Crippen molar-refractivity contribution in [1.82, 2.24) is 10.2 Å². The molecule has 3 unspecified atom stereocenters. The maximum Gasteiger partial charge on any atom is 0.0108 e. The van der Waals surface area contributed by atoms with Crippen LogP contribution in [0.2, 0.25) is 0 Å².